The van der Waals surface area contributed by atoms with E-state index in [1.165, 1.54) is 0 Å². The maximum Gasteiger partial charge on any atom is 0.193 e. The molecule has 0 aliphatic heterocycles. The number of halogens is 1. The van der Waals surface area contributed by atoms with Gasteiger partial charge in [-0.25, -0.2) is 0 Å². The second kappa shape index (κ2) is 8.24. The summed E-state index contributed by atoms with van der Waals surface area (Å²) in [4.78, 5) is 14.8. The highest BCUT2D eigenvalue weighted by molar-refractivity contribution is 9.10. The summed E-state index contributed by atoms with van der Waals surface area (Å²) < 4.78 is 5.99. The van der Waals surface area contributed by atoms with Crippen molar-refractivity contribution in [2.24, 2.45) is 0 Å². The van der Waals surface area contributed by atoms with Crippen LogP contribution in [0.1, 0.15) is 21.5 Å². The summed E-state index contributed by atoms with van der Waals surface area (Å²) in [6.45, 7) is 1.26. The van der Waals surface area contributed by atoms with Gasteiger partial charge in [-0.15, -0.1) is 0 Å². The van der Waals surface area contributed by atoms with Crippen molar-refractivity contribution in [2.75, 3.05) is 27.3 Å². The number of ketones is 1. The lowest BCUT2D eigenvalue weighted by Crippen LogP contribution is -2.23. The monoisotopic (exact) mass is 377 g/mol. The third kappa shape index (κ3) is 4.64. The van der Waals surface area contributed by atoms with Crippen molar-refractivity contribution in [3.63, 3.8) is 0 Å². The lowest BCUT2D eigenvalue weighted by atomic mass is 9.98. The number of methoxy groups -OCH3 is 1. The Labute approximate surface area is 144 Å². The summed E-state index contributed by atoms with van der Waals surface area (Å²) in [5, 5.41) is 9.04. The van der Waals surface area contributed by atoms with Gasteiger partial charge < -0.3 is 9.84 Å². The molecule has 4 nitrogen and oxygen atoms in total. The van der Waals surface area contributed by atoms with Crippen LogP contribution in [-0.2, 0) is 6.54 Å². The van der Waals surface area contributed by atoms with E-state index in [-0.39, 0.29) is 12.4 Å². The van der Waals surface area contributed by atoms with E-state index in [1.807, 2.05) is 30.1 Å². The highest BCUT2D eigenvalue weighted by atomic mass is 79.9. The summed E-state index contributed by atoms with van der Waals surface area (Å²) in [6, 6.07) is 12.8. The molecular weight excluding hydrogens is 358 g/mol. The Morgan fingerprint density at radius 2 is 1.91 bits per heavy atom. The van der Waals surface area contributed by atoms with Crippen molar-refractivity contribution in [3.8, 4) is 5.75 Å². The Kier molecular flexibility index (Phi) is 6.33. The molecule has 0 saturated carbocycles. The Hall–Kier alpha value is -1.69. The Morgan fingerprint density at radius 3 is 2.52 bits per heavy atom. The summed E-state index contributed by atoms with van der Waals surface area (Å²) in [6.07, 6.45) is 0. The number of hydrogen-bond acceptors (Lipinski definition) is 4. The number of hydrogen-bond donors (Lipinski definition) is 1. The third-order valence-electron chi connectivity index (χ3n) is 3.59. The van der Waals surface area contributed by atoms with Crippen molar-refractivity contribution in [1.29, 1.82) is 0 Å². The molecule has 0 aromatic heterocycles. The minimum Gasteiger partial charge on any atom is -0.497 e. The Bertz CT molecular complexity index is 670. The number of carbonyl (C=O) groups excluding carboxylic acids is 1. The molecule has 0 fully saturated rings. The van der Waals surface area contributed by atoms with Gasteiger partial charge in [-0.05, 0) is 49.0 Å². The number of aliphatic hydroxyl groups excluding tert-OH is 1. The quantitative estimate of drug-likeness (QED) is 0.753. The van der Waals surface area contributed by atoms with E-state index in [0.29, 0.717) is 24.2 Å². The molecule has 2 aromatic rings. The molecule has 0 atom stereocenters. The van der Waals surface area contributed by atoms with Crippen LogP contribution in [0.15, 0.2) is 46.9 Å². The molecule has 23 heavy (non-hydrogen) atoms. The molecule has 0 saturated heterocycles. The van der Waals surface area contributed by atoms with Gasteiger partial charge in [-0.2, -0.15) is 0 Å². The zero-order chi connectivity index (χ0) is 16.8. The average Bonchev–Trinajstić information content (AvgIpc) is 2.56. The summed E-state index contributed by atoms with van der Waals surface area (Å²) in [5.74, 6) is 0.694. The molecule has 0 bridgehead atoms. The molecule has 122 valence electrons. The SMILES string of the molecule is COc1ccc(C(=O)c2cc(Br)ccc2CN(C)CCO)cc1. The molecule has 0 spiro atoms. The summed E-state index contributed by atoms with van der Waals surface area (Å²) >= 11 is 3.43. The zero-order valence-electron chi connectivity index (χ0n) is 13.3. The van der Waals surface area contributed by atoms with Crippen molar-refractivity contribution in [2.45, 2.75) is 6.54 Å². The van der Waals surface area contributed by atoms with E-state index in [2.05, 4.69) is 15.9 Å². The fraction of sp³-hybridized carbons (Fsp3) is 0.278. The molecule has 0 aliphatic rings. The van der Waals surface area contributed by atoms with Gasteiger partial charge in [0.1, 0.15) is 5.75 Å². The molecule has 0 amide bonds. The van der Waals surface area contributed by atoms with Crippen LogP contribution in [0.4, 0.5) is 0 Å². The van der Waals surface area contributed by atoms with Gasteiger partial charge in [-0.1, -0.05) is 22.0 Å². The Balaban J connectivity index is 2.32. The maximum atomic E-state index is 12.8. The molecule has 2 rings (SSSR count). The first-order valence-corrected chi connectivity index (χ1v) is 8.11. The van der Waals surface area contributed by atoms with Gasteiger partial charge in [-0.3, -0.25) is 9.69 Å². The van der Waals surface area contributed by atoms with Crippen molar-refractivity contribution in [1.82, 2.24) is 4.90 Å². The number of ether oxygens (including phenoxy) is 1. The smallest absolute Gasteiger partial charge is 0.193 e. The fourth-order valence-electron chi connectivity index (χ4n) is 2.34. The van der Waals surface area contributed by atoms with E-state index in [0.717, 1.165) is 15.8 Å². The molecule has 5 heteroatoms. The molecule has 0 radical (unpaired) electrons. The zero-order valence-corrected chi connectivity index (χ0v) is 14.8. The van der Waals surface area contributed by atoms with E-state index in [9.17, 15) is 4.79 Å². The van der Waals surface area contributed by atoms with Gasteiger partial charge in [0.2, 0.25) is 0 Å². The minimum absolute atomic E-state index is 0.0265. The topological polar surface area (TPSA) is 49.8 Å². The second-order valence-electron chi connectivity index (χ2n) is 5.32. The van der Waals surface area contributed by atoms with Gasteiger partial charge in [0.25, 0.3) is 0 Å². The van der Waals surface area contributed by atoms with E-state index < -0.39 is 0 Å². The molecule has 0 aliphatic carbocycles. The van der Waals surface area contributed by atoms with Gasteiger partial charge in [0.05, 0.1) is 13.7 Å². The van der Waals surface area contributed by atoms with Crippen LogP contribution in [0.3, 0.4) is 0 Å². The number of rotatable bonds is 7. The minimum atomic E-state index is -0.0265. The number of nitrogens with zero attached hydrogens (tertiary/aromatic N) is 1. The summed E-state index contributed by atoms with van der Waals surface area (Å²) in [7, 11) is 3.51. The van der Waals surface area contributed by atoms with Crippen LogP contribution in [0.2, 0.25) is 0 Å². The van der Waals surface area contributed by atoms with Gasteiger partial charge in [0.15, 0.2) is 5.78 Å². The molecular formula is C18H20BrNO3. The lowest BCUT2D eigenvalue weighted by molar-refractivity contribution is 0.103. The van der Waals surface area contributed by atoms with Crippen LogP contribution in [-0.4, -0.2) is 43.1 Å². The average molecular weight is 378 g/mol. The maximum absolute atomic E-state index is 12.8. The van der Waals surface area contributed by atoms with Crippen LogP contribution >= 0.6 is 15.9 Å². The largest absolute Gasteiger partial charge is 0.497 e. The lowest BCUT2D eigenvalue weighted by Gasteiger charge is -2.17. The van der Waals surface area contributed by atoms with Crippen LogP contribution in [0, 0.1) is 0 Å². The number of likely N-dealkylation sites (N-methyl/N-ethyl adjacent to an activating group) is 1. The second-order valence-corrected chi connectivity index (χ2v) is 6.24. The number of benzene rings is 2. The first kappa shape index (κ1) is 17.7. The normalized spacial score (nSPS) is 10.8. The number of aliphatic hydroxyl groups is 1. The highest BCUT2D eigenvalue weighted by Gasteiger charge is 2.15. The van der Waals surface area contributed by atoms with E-state index in [1.54, 1.807) is 31.4 Å². The van der Waals surface area contributed by atoms with Crippen LogP contribution in [0.25, 0.3) is 0 Å². The predicted octanol–water partition coefficient (Wildman–Crippen LogP) is 3.11. The molecule has 0 heterocycles. The Morgan fingerprint density at radius 1 is 1.22 bits per heavy atom. The first-order valence-electron chi connectivity index (χ1n) is 7.31. The molecule has 2 aromatic carbocycles. The van der Waals surface area contributed by atoms with Crippen LogP contribution in [0.5, 0.6) is 5.75 Å². The molecule has 0 unspecified atom stereocenters. The molecule has 1 N–H and O–H groups in total. The predicted molar refractivity (Wildman–Crippen MR) is 94.0 cm³/mol. The standard InChI is InChI=1S/C18H20BrNO3/c1-20(9-10-21)12-14-3-6-15(19)11-17(14)18(22)13-4-7-16(23-2)8-5-13/h3-8,11,21H,9-10,12H2,1-2H3. The third-order valence-corrected chi connectivity index (χ3v) is 4.08. The van der Waals surface area contributed by atoms with Crippen molar-refractivity contribution < 1.29 is 14.6 Å². The highest BCUT2D eigenvalue weighted by Crippen LogP contribution is 2.22. The van der Waals surface area contributed by atoms with Crippen LogP contribution < -0.4 is 4.74 Å². The van der Waals surface area contributed by atoms with E-state index in [4.69, 9.17) is 9.84 Å². The fourth-order valence-corrected chi connectivity index (χ4v) is 2.70. The van der Waals surface area contributed by atoms with Crippen molar-refractivity contribution in [3.05, 3.63) is 63.6 Å². The first-order chi connectivity index (χ1) is 11.0. The van der Waals surface area contributed by atoms with E-state index >= 15 is 0 Å². The summed E-state index contributed by atoms with van der Waals surface area (Å²) in [5.41, 5.74) is 2.22. The number of carbonyl (C=O) groups is 1. The van der Waals surface area contributed by atoms with Gasteiger partial charge >= 0.3 is 0 Å². The van der Waals surface area contributed by atoms with Gasteiger partial charge in [0, 0.05) is 28.7 Å². The van der Waals surface area contributed by atoms with Crippen molar-refractivity contribution >= 4 is 21.7 Å².